The molecule has 7 nitrogen and oxygen atoms in total. The van der Waals surface area contributed by atoms with Crippen LogP contribution in [-0.4, -0.2) is 21.7 Å². The van der Waals surface area contributed by atoms with Gasteiger partial charge in [-0.1, -0.05) is 62.2 Å². The summed E-state index contributed by atoms with van der Waals surface area (Å²) >= 11 is 12.2. The van der Waals surface area contributed by atoms with Crippen molar-refractivity contribution >= 4 is 46.6 Å². The predicted molar refractivity (Wildman–Crippen MR) is 124 cm³/mol. The first-order valence-electron chi connectivity index (χ1n) is 9.55. The zero-order chi connectivity index (χ0) is 22.8. The fraction of sp³-hybridized carbons (Fsp3) is 0.227. The number of nitrogens with one attached hydrogen (secondary N) is 2. The Hall–Kier alpha value is -3.03. The third kappa shape index (κ3) is 5.57. The number of hydrogen-bond donors (Lipinski definition) is 3. The third-order valence-corrected chi connectivity index (χ3v) is 5.30. The second-order valence-electron chi connectivity index (χ2n) is 8.07. The van der Waals surface area contributed by atoms with E-state index in [9.17, 15) is 9.59 Å². The van der Waals surface area contributed by atoms with Gasteiger partial charge in [-0.15, -0.1) is 0 Å². The number of aromatic nitrogens is 2. The summed E-state index contributed by atoms with van der Waals surface area (Å²) in [5, 5.41) is 10.8. The van der Waals surface area contributed by atoms with Crippen molar-refractivity contribution in [2.75, 3.05) is 10.6 Å². The number of amides is 3. The zero-order valence-corrected chi connectivity index (χ0v) is 18.9. The van der Waals surface area contributed by atoms with E-state index in [1.165, 1.54) is 0 Å². The first kappa shape index (κ1) is 22.7. The van der Waals surface area contributed by atoms with Crippen LogP contribution in [0.15, 0.2) is 48.5 Å². The van der Waals surface area contributed by atoms with E-state index in [-0.39, 0.29) is 16.9 Å². The summed E-state index contributed by atoms with van der Waals surface area (Å²) in [6.45, 7) is 6.10. The zero-order valence-electron chi connectivity index (χ0n) is 17.4. The SMILES string of the molecule is CC(C)(C)c1cc(NC(=O)Nc2cccc(Cl)c2Cl)n(-c2ccc(CC(N)=O)cc2)n1. The molecule has 0 spiro atoms. The Labute approximate surface area is 190 Å². The lowest BCUT2D eigenvalue weighted by atomic mass is 9.92. The smallest absolute Gasteiger partial charge is 0.324 e. The Morgan fingerprint density at radius 1 is 1.06 bits per heavy atom. The summed E-state index contributed by atoms with van der Waals surface area (Å²) in [6, 6.07) is 13.5. The van der Waals surface area contributed by atoms with Gasteiger partial charge in [0.2, 0.25) is 5.91 Å². The molecule has 3 rings (SSSR count). The molecule has 0 saturated carbocycles. The molecule has 2 aromatic carbocycles. The summed E-state index contributed by atoms with van der Waals surface area (Å²) in [4.78, 5) is 23.8. The number of nitrogens with zero attached hydrogens (tertiary/aromatic N) is 2. The molecule has 0 saturated heterocycles. The van der Waals surface area contributed by atoms with E-state index in [0.29, 0.717) is 16.5 Å². The number of rotatable bonds is 5. The predicted octanol–water partition coefficient (Wildman–Crippen LogP) is 5.15. The van der Waals surface area contributed by atoms with Crippen LogP contribution in [-0.2, 0) is 16.6 Å². The van der Waals surface area contributed by atoms with E-state index < -0.39 is 11.9 Å². The van der Waals surface area contributed by atoms with Gasteiger partial charge < -0.3 is 11.1 Å². The van der Waals surface area contributed by atoms with Crippen LogP contribution < -0.4 is 16.4 Å². The highest BCUT2D eigenvalue weighted by Crippen LogP contribution is 2.30. The van der Waals surface area contributed by atoms with E-state index in [1.54, 1.807) is 35.0 Å². The Morgan fingerprint density at radius 2 is 1.74 bits per heavy atom. The van der Waals surface area contributed by atoms with Crippen LogP contribution >= 0.6 is 23.2 Å². The average Bonchev–Trinajstić information content (AvgIpc) is 3.10. The minimum atomic E-state index is -0.490. The topological polar surface area (TPSA) is 102 Å². The minimum absolute atomic E-state index is 0.153. The van der Waals surface area contributed by atoms with E-state index in [4.69, 9.17) is 28.9 Å². The highest BCUT2D eigenvalue weighted by Gasteiger charge is 2.22. The molecule has 0 aliphatic rings. The summed E-state index contributed by atoms with van der Waals surface area (Å²) < 4.78 is 1.63. The quantitative estimate of drug-likeness (QED) is 0.491. The van der Waals surface area contributed by atoms with Gasteiger partial charge in [0.25, 0.3) is 0 Å². The Kier molecular flexibility index (Phi) is 6.57. The molecule has 3 aromatic rings. The van der Waals surface area contributed by atoms with Gasteiger partial charge in [-0.2, -0.15) is 5.10 Å². The maximum absolute atomic E-state index is 12.6. The lowest BCUT2D eigenvalue weighted by molar-refractivity contribution is -0.117. The van der Waals surface area contributed by atoms with Gasteiger partial charge >= 0.3 is 6.03 Å². The van der Waals surface area contributed by atoms with Crippen LogP contribution in [0.4, 0.5) is 16.3 Å². The number of anilines is 2. The van der Waals surface area contributed by atoms with Crippen LogP contribution in [0.1, 0.15) is 32.0 Å². The summed E-state index contributed by atoms with van der Waals surface area (Å²) in [7, 11) is 0. The minimum Gasteiger partial charge on any atom is -0.369 e. The molecular formula is C22H23Cl2N5O2. The van der Waals surface area contributed by atoms with Gasteiger partial charge in [0.1, 0.15) is 5.82 Å². The number of carbonyl (C=O) groups is 2. The molecule has 162 valence electrons. The van der Waals surface area contributed by atoms with Crippen LogP contribution in [0.3, 0.4) is 0 Å². The molecule has 31 heavy (non-hydrogen) atoms. The van der Waals surface area contributed by atoms with E-state index in [2.05, 4.69) is 15.7 Å². The standard InChI is InChI=1S/C22H23Cl2N5O2/c1-22(2,3)17-12-19(27-21(31)26-16-6-4-5-15(23)20(16)24)29(28-17)14-9-7-13(8-10-14)11-18(25)30/h4-10,12H,11H2,1-3H3,(H2,25,30)(H2,26,27,31). The maximum atomic E-state index is 12.6. The number of nitrogens with two attached hydrogens (primary N) is 1. The van der Waals surface area contributed by atoms with Crippen LogP contribution in [0.2, 0.25) is 10.0 Å². The fourth-order valence-electron chi connectivity index (χ4n) is 2.86. The molecule has 0 aliphatic heterocycles. The number of primary amides is 1. The van der Waals surface area contributed by atoms with Crippen molar-refractivity contribution in [3.8, 4) is 5.69 Å². The van der Waals surface area contributed by atoms with Gasteiger partial charge in [0, 0.05) is 11.5 Å². The molecule has 3 amide bonds. The number of halogens is 2. The molecule has 4 N–H and O–H groups in total. The van der Waals surface area contributed by atoms with Gasteiger partial charge in [-0.05, 0) is 29.8 Å². The lowest BCUT2D eigenvalue weighted by Crippen LogP contribution is -2.21. The number of benzene rings is 2. The first-order chi connectivity index (χ1) is 14.5. The van der Waals surface area contributed by atoms with Gasteiger partial charge in [0.05, 0.1) is 33.5 Å². The largest absolute Gasteiger partial charge is 0.369 e. The molecule has 0 radical (unpaired) electrons. The van der Waals surface area contributed by atoms with Gasteiger partial charge in [-0.3, -0.25) is 10.1 Å². The van der Waals surface area contributed by atoms with Crippen molar-refractivity contribution in [2.24, 2.45) is 5.73 Å². The molecule has 0 atom stereocenters. The first-order valence-corrected chi connectivity index (χ1v) is 10.3. The maximum Gasteiger partial charge on any atom is 0.324 e. The molecule has 0 bridgehead atoms. The molecule has 0 aliphatic carbocycles. The van der Waals surface area contributed by atoms with Crippen molar-refractivity contribution in [3.63, 3.8) is 0 Å². The van der Waals surface area contributed by atoms with Gasteiger partial charge in [-0.25, -0.2) is 9.48 Å². The monoisotopic (exact) mass is 459 g/mol. The van der Waals surface area contributed by atoms with Crippen LogP contribution in [0, 0.1) is 0 Å². The molecular weight excluding hydrogens is 437 g/mol. The second kappa shape index (κ2) is 8.99. The number of urea groups is 1. The van der Waals surface area contributed by atoms with E-state index in [0.717, 1.165) is 16.9 Å². The van der Waals surface area contributed by atoms with Crippen molar-refractivity contribution in [1.29, 1.82) is 0 Å². The molecule has 1 heterocycles. The van der Waals surface area contributed by atoms with Crippen molar-refractivity contribution < 1.29 is 9.59 Å². The van der Waals surface area contributed by atoms with Crippen molar-refractivity contribution in [1.82, 2.24) is 9.78 Å². The summed E-state index contributed by atoms with van der Waals surface area (Å²) in [5.41, 5.74) is 7.73. The third-order valence-electron chi connectivity index (χ3n) is 4.48. The number of carbonyl (C=O) groups excluding carboxylic acids is 2. The van der Waals surface area contributed by atoms with E-state index in [1.807, 2.05) is 39.0 Å². The summed E-state index contributed by atoms with van der Waals surface area (Å²) in [5.74, 6) is 0.0730. The Bertz CT molecular complexity index is 1120. The lowest BCUT2D eigenvalue weighted by Gasteiger charge is -2.14. The molecule has 1 aromatic heterocycles. The van der Waals surface area contributed by atoms with Crippen molar-refractivity contribution in [3.05, 3.63) is 69.8 Å². The Balaban J connectivity index is 1.90. The number of hydrogen-bond acceptors (Lipinski definition) is 3. The average molecular weight is 460 g/mol. The van der Waals surface area contributed by atoms with Gasteiger partial charge in [0.15, 0.2) is 0 Å². The highest BCUT2D eigenvalue weighted by molar-refractivity contribution is 6.44. The van der Waals surface area contributed by atoms with E-state index >= 15 is 0 Å². The van der Waals surface area contributed by atoms with Crippen LogP contribution in [0.5, 0.6) is 0 Å². The Morgan fingerprint density at radius 3 is 2.35 bits per heavy atom. The normalized spacial score (nSPS) is 11.3. The fourth-order valence-corrected chi connectivity index (χ4v) is 3.21. The molecule has 0 unspecified atom stereocenters. The molecule has 9 heteroatoms. The highest BCUT2D eigenvalue weighted by atomic mass is 35.5. The second-order valence-corrected chi connectivity index (χ2v) is 8.85. The van der Waals surface area contributed by atoms with Crippen molar-refractivity contribution in [2.45, 2.75) is 32.6 Å². The summed E-state index contributed by atoms with van der Waals surface area (Å²) in [6.07, 6.45) is 0.153. The molecule has 0 fully saturated rings. The van der Waals surface area contributed by atoms with Crippen LogP contribution in [0.25, 0.3) is 5.69 Å².